The van der Waals surface area contributed by atoms with Gasteiger partial charge in [-0.1, -0.05) is 0 Å². The van der Waals surface area contributed by atoms with Gasteiger partial charge in [-0.2, -0.15) is 0 Å². The van der Waals surface area contributed by atoms with Gasteiger partial charge in [-0.3, -0.25) is 9.78 Å². The molecular formula is C12H15NO2. The number of rotatable bonds is 2. The fraction of sp³-hybridized carbons (Fsp3) is 0.500. The summed E-state index contributed by atoms with van der Waals surface area (Å²) in [5, 5.41) is 0. The molecule has 1 aliphatic rings. The minimum Gasteiger partial charge on any atom is -0.495 e. The Morgan fingerprint density at radius 2 is 2.13 bits per heavy atom. The van der Waals surface area contributed by atoms with Gasteiger partial charge >= 0.3 is 0 Å². The van der Waals surface area contributed by atoms with Crippen LogP contribution in [0.5, 0.6) is 5.75 Å². The maximum absolute atomic E-state index is 11.2. The largest absolute Gasteiger partial charge is 0.495 e. The third-order valence-electron chi connectivity index (χ3n) is 3.02. The number of Topliss-reactive ketones (excluding diaryl/α,β-unsaturated/α-hetero) is 1. The zero-order valence-electron chi connectivity index (χ0n) is 8.90. The average molecular weight is 205 g/mol. The lowest BCUT2D eigenvalue weighted by molar-refractivity contribution is -0.120. The summed E-state index contributed by atoms with van der Waals surface area (Å²) in [7, 11) is 1.66. The molecule has 1 fully saturated rings. The molecule has 1 heterocycles. The molecule has 0 bridgehead atoms. The summed E-state index contributed by atoms with van der Waals surface area (Å²) in [6, 6.07) is 2.00. The second-order valence-corrected chi connectivity index (χ2v) is 3.93. The highest BCUT2D eigenvalue weighted by molar-refractivity contribution is 5.79. The molecule has 2 rings (SSSR count). The van der Waals surface area contributed by atoms with E-state index >= 15 is 0 Å². The van der Waals surface area contributed by atoms with Crippen LogP contribution in [0.2, 0.25) is 0 Å². The molecule has 3 heteroatoms. The molecule has 0 N–H and O–H groups in total. The molecule has 0 aromatic carbocycles. The Hall–Kier alpha value is -1.38. The number of pyridine rings is 1. The third-order valence-corrected chi connectivity index (χ3v) is 3.02. The van der Waals surface area contributed by atoms with Gasteiger partial charge in [0.25, 0.3) is 0 Å². The van der Waals surface area contributed by atoms with Crippen LogP contribution < -0.4 is 4.74 Å². The van der Waals surface area contributed by atoms with Crippen LogP contribution in [0.25, 0.3) is 0 Å². The van der Waals surface area contributed by atoms with Crippen molar-refractivity contribution in [3.8, 4) is 5.75 Å². The lowest BCUT2D eigenvalue weighted by Crippen LogP contribution is -2.13. The Labute approximate surface area is 89.5 Å². The summed E-state index contributed by atoms with van der Waals surface area (Å²) in [4.78, 5) is 15.2. The third kappa shape index (κ3) is 2.17. The Balaban J connectivity index is 2.18. The predicted molar refractivity (Wildman–Crippen MR) is 57.0 cm³/mol. The van der Waals surface area contributed by atoms with Crippen LogP contribution in [0, 0.1) is 0 Å². The zero-order valence-corrected chi connectivity index (χ0v) is 8.90. The molecule has 0 unspecified atom stereocenters. The van der Waals surface area contributed by atoms with E-state index in [9.17, 15) is 4.79 Å². The highest BCUT2D eigenvalue weighted by Gasteiger charge is 2.22. The van der Waals surface area contributed by atoms with E-state index in [4.69, 9.17) is 4.74 Å². The molecule has 80 valence electrons. The number of methoxy groups -OCH3 is 1. The summed E-state index contributed by atoms with van der Waals surface area (Å²) in [5.74, 6) is 1.69. The van der Waals surface area contributed by atoms with Crippen molar-refractivity contribution in [2.24, 2.45) is 0 Å². The van der Waals surface area contributed by atoms with Crippen LogP contribution in [0.15, 0.2) is 18.5 Å². The fourth-order valence-corrected chi connectivity index (χ4v) is 2.15. The standard InChI is InChI=1S/C12H15NO2/c1-15-12-8-13-7-6-11(12)9-2-4-10(14)5-3-9/h6-9H,2-5H2,1H3. The number of nitrogens with zero attached hydrogens (tertiary/aromatic N) is 1. The Bertz CT molecular complexity index is 352. The van der Waals surface area contributed by atoms with Gasteiger partial charge in [0.1, 0.15) is 11.5 Å². The fourth-order valence-electron chi connectivity index (χ4n) is 2.15. The van der Waals surface area contributed by atoms with Crippen LogP contribution >= 0.6 is 0 Å². The van der Waals surface area contributed by atoms with E-state index in [0.717, 1.165) is 18.6 Å². The monoisotopic (exact) mass is 205 g/mol. The van der Waals surface area contributed by atoms with Crippen molar-refractivity contribution < 1.29 is 9.53 Å². The van der Waals surface area contributed by atoms with Gasteiger partial charge < -0.3 is 4.74 Å². The van der Waals surface area contributed by atoms with Crippen LogP contribution in [0.4, 0.5) is 0 Å². The van der Waals surface area contributed by atoms with Gasteiger partial charge in [-0.05, 0) is 24.8 Å². The number of hydrogen-bond donors (Lipinski definition) is 0. The second kappa shape index (κ2) is 4.43. The molecule has 0 atom stereocenters. The lowest BCUT2D eigenvalue weighted by Gasteiger charge is -2.22. The van der Waals surface area contributed by atoms with Crippen molar-refractivity contribution in [1.82, 2.24) is 4.98 Å². The Kier molecular flexibility index (Phi) is 2.99. The average Bonchev–Trinajstić information content (AvgIpc) is 2.30. The van der Waals surface area contributed by atoms with Crippen molar-refractivity contribution in [2.75, 3.05) is 7.11 Å². The minimum absolute atomic E-state index is 0.388. The van der Waals surface area contributed by atoms with Crippen molar-refractivity contribution in [3.05, 3.63) is 24.0 Å². The first kappa shape index (κ1) is 10.1. The molecule has 3 nitrogen and oxygen atoms in total. The molecule has 0 amide bonds. The highest BCUT2D eigenvalue weighted by atomic mass is 16.5. The van der Waals surface area contributed by atoms with Gasteiger partial charge in [-0.25, -0.2) is 0 Å². The first-order valence-corrected chi connectivity index (χ1v) is 5.31. The van der Waals surface area contributed by atoms with Gasteiger partial charge in [0, 0.05) is 24.6 Å². The van der Waals surface area contributed by atoms with Crippen molar-refractivity contribution in [3.63, 3.8) is 0 Å². The quantitative estimate of drug-likeness (QED) is 0.743. The normalized spacial score (nSPS) is 17.8. The van der Waals surface area contributed by atoms with Crippen molar-refractivity contribution in [2.45, 2.75) is 31.6 Å². The summed E-state index contributed by atoms with van der Waals surface area (Å²) in [5.41, 5.74) is 1.19. The summed E-state index contributed by atoms with van der Waals surface area (Å²) >= 11 is 0. The number of ketones is 1. The summed E-state index contributed by atoms with van der Waals surface area (Å²) in [6.07, 6.45) is 6.82. The van der Waals surface area contributed by atoms with E-state index < -0.39 is 0 Å². The maximum Gasteiger partial charge on any atom is 0.140 e. The van der Waals surface area contributed by atoms with Crippen LogP contribution in [0.3, 0.4) is 0 Å². The Morgan fingerprint density at radius 3 is 2.80 bits per heavy atom. The van der Waals surface area contributed by atoms with E-state index in [1.54, 1.807) is 19.5 Å². The van der Waals surface area contributed by atoms with Crippen LogP contribution in [0.1, 0.15) is 37.2 Å². The van der Waals surface area contributed by atoms with E-state index in [-0.39, 0.29) is 0 Å². The molecule has 15 heavy (non-hydrogen) atoms. The zero-order chi connectivity index (χ0) is 10.7. The molecule has 1 aromatic heterocycles. The SMILES string of the molecule is COc1cnccc1C1CCC(=O)CC1. The van der Waals surface area contributed by atoms with Gasteiger partial charge in [0.05, 0.1) is 13.3 Å². The maximum atomic E-state index is 11.2. The Morgan fingerprint density at radius 1 is 1.40 bits per heavy atom. The van der Waals surface area contributed by atoms with Crippen LogP contribution in [-0.2, 0) is 4.79 Å². The molecular weight excluding hydrogens is 190 g/mol. The molecule has 1 aliphatic carbocycles. The topological polar surface area (TPSA) is 39.2 Å². The molecule has 0 radical (unpaired) electrons. The first-order chi connectivity index (χ1) is 7.31. The smallest absolute Gasteiger partial charge is 0.140 e. The molecule has 0 saturated heterocycles. The number of carbonyl (C=O) groups excluding carboxylic acids is 1. The molecule has 1 aromatic rings. The predicted octanol–water partition coefficient (Wildman–Crippen LogP) is 2.32. The van der Waals surface area contributed by atoms with Crippen molar-refractivity contribution in [1.29, 1.82) is 0 Å². The van der Waals surface area contributed by atoms with Gasteiger partial charge in [-0.15, -0.1) is 0 Å². The van der Waals surface area contributed by atoms with Gasteiger partial charge in [0.2, 0.25) is 0 Å². The number of carbonyl (C=O) groups is 1. The number of hydrogen-bond acceptors (Lipinski definition) is 3. The number of ether oxygens (including phenoxy) is 1. The second-order valence-electron chi connectivity index (χ2n) is 3.93. The van der Waals surface area contributed by atoms with E-state index in [1.165, 1.54) is 5.56 Å². The van der Waals surface area contributed by atoms with E-state index in [1.807, 2.05) is 6.07 Å². The van der Waals surface area contributed by atoms with Gasteiger partial charge in [0.15, 0.2) is 0 Å². The first-order valence-electron chi connectivity index (χ1n) is 5.31. The summed E-state index contributed by atoms with van der Waals surface area (Å²) in [6.45, 7) is 0. The lowest BCUT2D eigenvalue weighted by atomic mass is 9.83. The van der Waals surface area contributed by atoms with E-state index in [0.29, 0.717) is 24.5 Å². The highest BCUT2D eigenvalue weighted by Crippen LogP contribution is 2.35. The summed E-state index contributed by atoms with van der Waals surface area (Å²) < 4.78 is 5.28. The molecule has 0 spiro atoms. The number of aromatic nitrogens is 1. The van der Waals surface area contributed by atoms with Crippen molar-refractivity contribution >= 4 is 5.78 Å². The molecule has 0 aliphatic heterocycles. The van der Waals surface area contributed by atoms with E-state index in [2.05, 4.69) is 4.98 Å². The van der Waals surface area contributed by atoms with Crippen LogP contribution in [-0.4, -0.2) is 17.9 Å². The minimum atomic E-state index is 0.388. The molecule has 1 saturated carbocycles.